The van der Waals surface area contributed by atoms with Crippen LogP contribution in [0.4, 0.5) is 0 Å². The first-order chi connectivity index (χ1) is 13.0. The van der Waals surface area contributed by atoms with E-state index in [1.807, 2.05) is 51.1 Å². The Bertz CT molecular complexity index is 871. The molecule has 28 heavy (non-hydrogen) atoms. The third-order valence-corrected chi connectivity index (χ3v) is 4.24. The van der Waals surface area contributed by atoms with Gasteiger partial charge in [0.25, 0.3) is 0 Å². The highest BCUT2D eigenvalue weighted by Gasteiger charge is 2.26. The van der Waals surface area contributed by atoms with Gasteiger partial charge in [-0.15, -0.1) is 0 Å². The summed E-state index contributed by atoms with van der Waals surface area (Å²) in [6.45, 7) is 6.47. The molecule has 0 amide bonds. The first-order valence-electron chi connectivity index (χ1n) is 9.00. The van der Waals surface area contributed by atoms with Crippen molar-refractivity contribution < 1.29 is 22.1 Å². The van der Waals surface area contributed by atoms with Crippen LogP contribution in [-0.2, 0) is 26.2 Å². The third kappa shape index (κ3) is 7.70. The van der Waals surface area contributed by atoms with Gasteiger partial charge in [-0.2, -0.15) is 8.42 Å². The van der Waals surface area contributed by atoms with Crippen molar-refractivity contribution in [3.63, 3.8) is 0 Å². The van der Waals surface area contributed by atoms with E-state index in [1.54, 1.807) is 12.1 Å². The van der Waals surface area contributed by atoms with Crippen molar-refractivity contribution in [2.45, 2.75) is 38.8 Å². The van der Waals surface area contributed by atoms with Crippen LogP contribution in [-0.4, -0.2) is 32.8 Å². The average Bonchev–Trinajstić information content (AvgIpc) is 2.58. The third-order valence-electron chi connectivity index (χ3n) is 3.74. The van der Waals surface area contributed by atoms with Gasteiger partial charge in [0.2, 0.25) is 0 Å². The molecule has 6 nitrogen and oxygen atoms in total. The van der Waals surface area contributed by atoms with E-state index in [2.05, 4.69) is 5.32 Å². The largest absolute Gasteiger partial charge is 0.459 e. The van der Waals surface area contributed by atoms with Gasteiger partial charge in [0.1, 0.15) is 11.4 Å². The zero-order valence-corrected chi connectivity index (χ0v) is 17.5. The van der Waals surface area contributed by atoms with Crippen LogP contribution in [0.5, 0.6) is 5.75 Å². The molecule has 0 aliphatic carbocycles. The normalized spacial score (nSPS) is 13.0. The maximum atomic E-state index is 12.7. The number of esters is 1. The van der Waals surface area contributed by atoms with E-state index in [-0.39, 0.29) is 11.7 Å². The molecule has 0 aliphatic heterocycles. The van der Waals surface area contributed by atoms with Crippen molar-refractivity contribution in [1.82, 2.24) is 5.32 Å². The lowest BCUT2D eigenvalue weighted by atomic mass is 9.98. The minimum atomic E-state index is -3.60. The summed E-state index contributed by atoms with van der Waals surface area (Å²) in [5.41, 5.74) is 1.23. The van der Waals surface area contributed by atoms with Crippen molar-refractivity contribution in [2.24, 2.45) is 0 Å². The molecule has 0 spiro atoms. The van der Waals surface area contributed by atoms with Crippen LogP contribution in [0.25, 0.3) is 0 Å². The van der Waals surface area contributed by atoms with E-state index in [1.165, 1.54) is 12.1 Å². The maximum Gasteiger partial charge on any atom is 0.315 e. The number of hydrogen-bond acceptors (Lipinski definition) is 6. The number of rotatable bonds is 8. The summed E-state index contributed by atoms with van der Waals surface area (Å²) in [6, 6.07) is 16.3. The molecular formula is C21H27NO5S. The van der Waals surface area contributed by atoms with Gasteiger partial charge in [-0.3, -0.25) is 4.79 Å². The lowest BCUT2D eigenvalue weighted by molar-refractivity contribution is -0.156. The Labute approximate surface area is 167 Å². The van der Waals surface area contributed by atoms with Crippen molar-refractivity contribution >= 4 is 16.1 Å². The van der Waals surface area contributed by atoms with E-state index in [0.717, 1.165) is 17.4 Å². The summed E-state index contributed by atoms with van der Waals surface area (Å²) < 4.78 is 32.9. The molecule has 1 unspecified atom stereocenters. The van der Waals surface area contributed by atoms with Crippen molar-refractivity contribution in [3.8, 4) is 5.75 Å². The first-order valence-corrected chi connectivity index (χ1v) is 10.8. The molecule has 2 aromatic rings. The van der Waals surface area contributed by atoms with E-state index in [0.29, 0.717) is 13.1 Å². The van der Waals surface area contributed by atoms with Crippen LogP contribution in [0.2, 0.25) is 0 Å². The van der Waals surface area contributed by atoms with Crippen LogP contribution in [0.15, 0.2) is 54.6 Å². The first kappa shape index (κ1) is 21.9. The van der Waals surface area contributed by atoms with Crippen LogP contribution < -0.4 is 9.50 Å². The second kappa shape index (κ2) is 9.21. The summed E-state index contributed by atoms with van der Waals surface area (Å²) in [4.78, 5) is 12.7. The molecule has 0 saturated heterocycles. The van der Waals surface area contributed by atoms with Gasteiger partial charge in [-0.05, 0) is 44.0 Å². The molecule has 2 aromatic carbocycles. The van der Waals surface area contributed by atoms with Crippen LogP contribution in [0.1, 0.15) is 37.8 Å². The number of carbonyl (C=O) groups excluding carboxylic acids is 1. The molecule has 7 heteroatoms. The predicted molar refractivity (Wildman–Crippen MR) is 109 cm³/mol. The fourth-order valence-electron chi connectivity index (χ4n) is 2.60. The van der Waals surface area contributed by atoms with Crippen molar-refractivity contribution in [3.05, 3.63) is 65.7 Å². The zero-order valence-electron chi connectivity index (χ0n) is 16.6. The Morgan fingerprint density at radius 2 is 1.64 bits per heavy atom. The zero-order chi connectivity index (χ0) is 20.8. The van der Waals surface area contributed by atoms with Gasteiger partial charge < -0.3 is 14.2 Å². The second-order valence-corrected chi connectivity index (χ2v) is 9.13. The van der Waals surface area contributed by atoms with Gasteiger partial charge >= 0.3 is 16.1 Å². The molecular weight excluding hydrogens is 378 g/mol. The van der Waals surface area contributed by atoms with Gasteiger partial charge in [0.15, 0.2) is 0 Å². The predicted octanol–water partition coefficient (Wildman–Crippen LogP) is 3.24. The monoisotopic (exact) mass is 405 g/mol. The average molecular weight is 406 g/mol. The van der Waals surface area contributed by atoms with E-state index in [4.69, 9.17) is 8.92 Å². The lowest BCUT2D eigenvalue weighted by Gasteiger charge is -2.24. The molecule has 2 rings (SSSR count). The molecule has 1 atom stereocenters. The standard InChI is InChI=1S/C21H27NO5S/c1-21(2,3)26-20(23)19(15-22-14-16-8-6-5-7-9-16)17-10-12-18(13-11-17)27-28(4,24)25/h5-13,19,22H,14-15H2,1-4H3. The molecule has 0 fully saturated rings. The van der Waals surface area contributed by atoms with Gasteiger partial charge in [0.05, 0.1) is 12.2 Å². The summed E-state index contributed by atoms with van der Waals surface area (Å²) in [5, 5.41) is 3.29. The molecule has 1 N–H and O–H groups in total. The Morgan fingerprint density at radius 3 is 2.18 bits per heavy atom. The van der Waals surface area contributed by atoms with E-state index >= 15 is 0 Å². The molecule has 0 aliphatic rings. The SMILES string of the molecule is CC(C)(C)OC(=O)C(CNCc1ccccc1)c1ccc(OS(C)(=O)=O)cc1. The number of nitrogens with one attached hydrogen (secondary N) is 1. The van der Waals surface area contributed by atoms with Gasteiger partial charge in [-0.25, -0.2) is 0 Å². The highest BCUT2D eigenvalue weighted by atomic mass is 32.2. The lowest BCUT2D eigenvalue weighted by Crippen LogP contribution is -2.33. The molecule has 0 radical (unpaired) electrons. The summed E-state index contributed by atoms with van der Waals surface area (Å²) >= 11 is 0. The Kier molecular flexibility index (Phi) is 7.21. The van der Waals surface area contributed by atoms with Gasteiger partial charge in [-0.1, -0.05) is 42.5 Å². The molecule has 0 saturated carbocycles. The Morgan fingerprint density at radius 1 is 1.04 bits per heavy atom. The second-order valence-electron chi connectivity index (χ2n) is 7.56. The van der Waals surface area contributed by atoms with Crippen molar-refractivity contribution in [2.75, 3.05) is 12.8 Å². The summed E-state index contributed by atoms with van der Waals surface area (Å²) in [7, 11) is -3.60. The van der Waals surface area contributed by atoms with E-state index in [9.17, 15) is 13.2 Å². The minimum absolute atomic E-state index is 0.200. The molecule has 0 bridgehead atoms. The number of carbonyl (C=O) groups is 1. The fraction of sp³-hybridized carbons (Fsp3) is 0.381. The van der Waals surface area contributed by atoms with Crippen molar-refractivity contribution in [1.29, 1.82) is 0 Å². The minimum Gasteiger partial charge on any atom is -0.459 e. The van der Waals surface area contributed by atoms with Crippen LogP contribution in [0, 0.1) is 0 Å². The molecule has 0 heterocycles. The number of benzene rings is 2. The molecule has 0 aromatic heterocycles. The quantitative estimate of drug-likeness (QED) is 0.536. The highest BCUT2D eigenvalue weighted by molar-refractivity contribution is 7.86. The summed E-state index contributed by atoms with van der Waals surface area (Å²) in [5.74, 6) is -0.675. The highest BCUT2D eigenvalue weighted by Crippen LogP contribution is 2.23. The maximum absolute atomic E-state index is 12.7. The van der Waals surface area contributed by atoms with Crippen LogP contribution >= 0.6 is 0 Å². The van der Waals surface area contributed by atoms with Crippen LogP contribution in [0.3, 0.4) is 0 Å². The smallest absolute Gasteiger partial charge is 0.315 e. The fourth-order valence-corrected chi connectivity index (χ4v) is 3.06. The number of ether oxygens (including phenoxy) is 1. The molecule has 152 valence electrons. The van der Waals surface area contributed by atoms with E-state index < -0.39 is 21.6 Å². The van der Waals surface area contributed by atoms with Gasteiger partial charge in [0, 0.05) is 13.1 Å². The number of hydrogen-bond donors (Lipinski definition) is 1. The Balaban J connectivity index is 2.13. The topological polar surface area (TPSA) is 81.7 Å². The summed E-state index contributed by atoms with van der Waals surface area (Å²) in [6.07, 6.45) is 0.984. The Hall–Kier alpha value is -2.38.